The van der Waals surface area contributed by atoms with Crippen LogP contribution in [0.1, 0.15) is 30.9 Å². The van der Waals surface area contributed by atoms with Crippen molar-refractivity contribution in [3.8, 4) is 17.3 Å². The van der Waals surface area contributed by atoms with E-state index in [4.69, 9.17) is 0 Å². The van der Waals surface area contributed by atoms with Crippen molar-refractivity contribution in [1.29, 1.82) is 5.26 Å². The average Bonchev–Trinajstić information content (AvgIpc) is 3.49. The van der Waals surface area contributed by atoms with Crippen LogP contribution in [0.2, 0.25) is 0 Å². The van der Waals surface area contributed by atoms with Crippen molar-refractivity contribution < 1.29 is 18.0 Å². The average molecular weight is 397 g/mol. The number of halogens is 3. The molecule has 7 heteroatoms. The molecule has 1 heterocycles. The molecule has 0 bridgehead atoms. The van der Waals surface area contributed by atoms with E-state index in [-0.39, 0.29) is 11.8 Å². The van der Waals surface area contributed by atoms with E-state index in [2.05, 4.69) is 11.4 Å². The van der Waals surface area contributed by atoms with E-state index < -0.39 is 11.7 Å². The summed E-state index contributed by atoms with van der Waals surface area (Å²) in [4.78, 5) is 12.1. The van der Waals surface area contributed by atoms with Gasteiger partial charge in [-0.2, -0.15) is 18.4 Å². The number of carbonyl (C=O) groups is 1. The summed E-state index contributed by atoms with van der Waals surface area (Å²) in [6.07, 6.45) is -2.69. The van der Waals surface area contributed by atoms with Crippen molar-refractivity contribution in [1.82, 2.24) is 4.57 Å². The second-order valence-electron chi connectivity index (χ2n) is 7.15. The molecule has 3 aromatic rings. The molecule has 1 aliphatic carbocycles. The number of hydrogen-bond donors (Lipinski definition) is 1. The number of rotatable bonds is 4. The van der Waals surface area contributed by atoms with Crippen molar-refractivity contribution in [3.05, 3.63) is 53.6 Å². The van der Waals surface area contributed by atoms with Crippen molar-refractivity contribution >= 4 is 22.5 Å². The van der Waals surface area contributed by atoms with Crippen molar-refractivity contribution in [2.45, 2.75) is 32.5 Å². The second kappa shape index (κ2) is 6.96. The Hall–Kier alpha value is -3.27. The van der Waals surface area contributed by atoms with Gasteiger partial charge in [-0.25, -0.2) is 0 Å². The van der Waals surface area contributed by atoms with Gasteiger partial charge in [0.1, 0.15) is 6.07 Å². The molecule has 0 saturated heterocycles. The number of aryl methyl sites for hydroxylation is 1. The summed E-state index contributed by atoms with van der Waals surface area (Å²) in [5, 5.41) is 13.1. The van der Waals surface area contributed by atoms with Crippen LogP contribution >= 0.6 is 0 Å². The number of nitrogens with one attached hydrogen (secondary N) is 1. The number of hydrogen-bond acceptors (Lipinski definition) is 2. The number of alkyl halides is 3. The molecule has 0 unspecified atom stereocenters. The molecule has 4 rings (SSSR count). The van der Waals surface area contributed by atoms with Gasteiger partial charge in [0.25, 0.3) is 0 Å². The number of fused-ring (bicyclic) bond motifs is 1. The largest absolute Gasteiger partial charge is 0.416 e. The van der Waals surface area contributed by atoms with Gasteiger partial charge in [-0.05, 0) is 44.0 Å². The van der Waals surface area contributed by atoms with E-state index in [0.717, 1.165) is 25.0 Å². The molecular weight excluding hydrogens is 379 g/mol. The molecule has 1 N–H and O–H groups in total. The van der Waals surface area contributed by atoms with Crippen LogP contribution in [0.5, 0.6) is 0 Å². The third-order valence-corrected chi connectivity index (χ3v) is 5.17. The van der Waals surface area contributed by atoms with E-state index in [1.54, 1.807) is 28.8 Å². The van der Waals surface area contributed by atoms with Crippen molar-refractivity contribution in [2.24, 2.45) is 5.92 Å². The lowest BCUT2D eigenvalue weighted by molar-refractivity contribution is -0.137. The molecule has 0 radical (unpaired) electrons. The first kappa shape index (κ1) is 19.1. The smallest absolute Gasteiger partial charge is 0.340 e. The van der Waals surface area contributed by atoms with Crippen LogP contribution in [-0.2, 0) is 17.5 Å². The minimum Gasteiger partial charge on any atom is -0.340 e. The zero-order valence-electron chi connectivity index (χ0n) is 15.7. The van der Waals surface area contributed by atoms with Crippen molar-refractivity contribution in [2.75, 3.05) is 5.32 Å². The molecule has 1 amide bonds. The lowest BCUT2D eigenvalue weighted by atomic mass is 10.0. The monoisotopic (exact) mass is 397 g/mol. The number of benzene rings is 2. The molecule has 29 heavy (non-hydrogen) atoms. The maximum Gasteiger partial charge on any atom is 0.416 e. The Kier molecular flexibility index (Phi) is 4.58. The zero-order valence-corrected chi connectivity index (χ0v) is 15.7. The summed E-state index contributed by atoms with van der Waals surface area (Å²) in [5.41, 5.74) is 1.75. The molecule has 1 fully saturated rings. The summed E-state index contributed by atoms with van der Waals surface area (Å²) in [6, 6.07) is 12.7. The normalized spacial score (nSPS) is 14.0. The summed E-state index contributed by atoms with van der Waals surface area (Å²) in [6.45, 7) is 2.22. The van der Waals surface area contributed by atoms with Gasteiger partial charge in [-0.15, -0.1) is 0 Å². The number of aromatic nitrogens is 1. The first-order valence-electron chi connectivity index (χ1n) is 9.38. The summed E-state index contributed by atoms with van der Waals surface area (Å²) < 4.78 is 41.3. The fourth-order valence-electron chi connectivity index (χ4n) is 3.60. The number of nitriles is 1. The highest BCUT2D eigenvalue weighted by Gasteiger charge is 2.32. The Morgan fingerprint density at radius 2 is 2.00 bits per heavy atom. The molecule has 1 aromatic heterocycles. The first-order valence-corrected chi connectivity index (χ1v) is 9.38. The number of anilines is 1. The lowest BCUT2D eigenvalue weighted by Gasteiger charge is -2.12. The van der Waals surface area contributed by atoms with Gasteiger partial charge in [-0.3, -0.25) is 4.79 Å². The van der Waals surface area contributed by atoms with Gasteiger partial charge in [0.15, 0.2) is 0 Å². The van der Waals surface area contributed by atoms with E-state index >= 15 is 0 Å². The van der Waals surface area contributed by atoms with E-state index in [1.807, 2.05) is 6.92 Å². The Morgan fingerprint density at radius 1 is 1.24 bits per heavy atom. The van der Waals surface area contributed by atoms with E-state index in [0.29, 0.717) is 40.0 Å². The van der Waals surface area contributed by atoms with Gasteiger partial charge < -0.3 is 9.88 Å². The number of amides is 1. The quantitative estimate of drug-likeness (QED) is 0.626. The van der Waals surface area contributed by atoms with Gasteiger partial charge in [0.05, 0.1) is 22.3 Å². The standard InChI is InChI=1S/C22H18F3N3O/c1-2-28-19-11-15(22(23,24)25)8-9-17(19)18(12-26)20(28)14-4-3-5-16(10-14)27-21(29)13-6-7-13/h3-5,8-11,13H,2,6-7H2,1H3,(H,27,29). The summed E-state index contributed by atoms with van der Waals surface area (Å²) >= 11 is 0. The van der Waals surface area contributed by atoms with Crippen LogP contribution in [0.25, 0.3) is 22.2 Å². The number of carbonyl (C=O) groups excluding carboxylic acids is 1. The fraction of sp³-hybridized carbons (Fsp3) is 0.273. The maximum atomic E-state index is 13.2. The van der Waals surface area contributed by atoms with Crippen LogP contribution in [0.4, 0.5) is 18.9 Å². The molecule has 1 aliphatic rings. The minimum atomic E-state index is -4.46. The Labute approximate surface area is 165 Å². The fourth-order valence-corrected chi connectivity index (χ4v) is 3.60. The molecule has 1 saturated carbocycles. The zero-order chi connectivity index (χ0) is 20.8. The molecule has 0 aliphatic heterocycles. The minimum absolute atomic E-state index is 0.0338. The second-order valence-corrected chi connectivity index (χ2v) is 7.15. The highest BCUT2D eigenvalue weighted by Crippen LogP contribution is 2.38. The maximum absolute atomic E-state index is 13.2. The molecule has 148 valence electrons. The Morgan fingerprint density at radius 3 is 2.62 bits per heavy atom. The topological polar surface area (TPSA) is 57.8 Å². The highest BCUT2D eigenvalue weighted by molar-refractivity contribution is 5.97. The van der Waals surface area contributed by atoms with Gasteiger partial charge in [0, 0.05) is 29.1 Å². The predicted molar refractivity (Wildman–Crippen MR) is 104 cm³/mol. The van der Waals surface area contributed by atoms with Crippen LogP contribution in [0.3, 0.4) is 0 Å². The van der Waals surface area contributed by atoms with Gasteiger partial charge in [-0.1, -0.05) is 18.2 Å². The first-order chi connectivity index (χ1) is 13.8. The molecule has 0 spiro atoms. The molecule has 2 aromatic carbocycles. The SMILES string of the molecule is CCn1c(-c2cccc(NC(=O)C3CC3)c2)c(C#N)c2ccc(C(F)(F)F)cc21. The summed E-state index contributed by atoms with van der Waals surface area (Å²) in [5.74, 6) is 0.0183. The predicted octanol–water partition coefficient (Wildman–Crippen LogP) is 5.57. The van der Waals surface area contributed by atoms with Crippen LogP contribution in [0.15, 0.2) is 42.5 Å². The van der Waals surface area contributed by atoms with Gasteiger partial charge >= 0.3 is 6.18 Å². The van der Waals surface area contributed by atoms with Crippen LogP contribution in [-0.4, -0.2) is 10.5 Å². The Balaban J connectivity index is 1.87. The molecule has 0 atom stereocenters. The van der Waals surface area contributed by atoms with Gasteiger partial charge in [0.2, 0.25) is 5.91 Å². The molecule has 4 nitrogen and oxygen atoms in total. The summed E-state index contributed by atoms with van der Waals surface area (Å²) in [7, 11) is 0. The van der Waals surface area contributed by atoms with Crippen molar-refractivity contribution in [3.63, 3.8) is 0 Å². The Bertz CT molecular complexity index is 1150. The van der Waals surface area contributed by atoms with Crippen LogP contribution < -0.4 is 5.32 Å². The van der Waals surface area contributed by atoms with Crippen LogP contribution in [0, 0.1) is 17.2 Å². The van der Waals surface area contributed by atoms with E-state index in [1.165, 1.54) is 6.07 Å². The third-order valence-electron chi connectivity index (χ3n) is 5.17. The molecular formula is C22H18F3N3O. The highest BCUT2D eigenvalue weighted by atomic mass is 19.4. The number of nitrogens with zero attached hydrogens (tertiary/aromatic N) is 2. The van der Waals surface area contributed by atoms with E-state index in [9.17, 15) is 23.2 Å². The lowest BCUT2D eigenvalue weighted by Crippen LogP contribution is -2.13. The third kappa shape index (κ3) is 3.46.